The molecule has 3 nitrogen and oxygen atoms in total. The first-order valence-electron chi connectivity index (χ1n) is 4.99. The summed E-state index contributed by atoms with van der Waals surface area (Å²) in [6, 6.07) is 4.12. The zero-order valence-electron chi connectivity index (χ0n) is 9.46. The average molecular weight is 207 g/mol. The molecule has 1 aromatic carbocycles. The van der Waals surface area contributed by atoms with Crippen molar-refractivity contribution < 1.29 is 9.53 Å². The minimum absolute atomic E-state index is 0.257. The smallest absolute Gasteiger partial charge is 0.220 e. The van der Waals surface area contributed by atoms with Gasteiger partial charge in [0.05, 0.1) is 13.0 Å². The monoisotopic (exact) mass is 207 g/mol. The van der Waals surface area contributed by atoms with Crippen molar-refractivity contribution in [3.8, 4) is 5.75 Å². The second-order valence-electron chi connectivity index (χ2n) is 3.79. The third kappa shape index (κ3) is 3.27. The number of aryl methyl sites for hydroxylation is 3. The number of ether oxygens (including phenoxy) is 1. The van der Waals surface area contributed by atoms with Crippen molar-refractivity contribution >= 4 is 5.91 Å². The SMILES string of the molecule is Cc1cc(C)c(OCCC(N)=O)c(C)c1. The fraction of sp³-hybridized carbons (Fsp3) is 0.417. The highest BCUT2D eigenvalue weighted by Crippen LogP contribution is 2.24. The van der Waals surface area contributed by atoms with E-state index in [1.54, 1.807) is 0 Å². The van der Waals surface area contributed by atoms with Gasteiger partial charge in [-0.15, -0.1) is 0 Å². The van der Waals surface area contributed by atoms with Crippen LogP contribution in [0.4, 0.5) is 0 Å². The standard InChI is InChI=1S/C12H17NO2/c1-8-6-9(2)12(10(3)7-8)15-5-4-11(13)14/h6-7H,4-5H2,1-3H3,(H2,13,14). The van der Waals surface area contributed by atoms with Crippen LogP contribution in [0, 0.1) is 20.8 Å². The summed E-state index contributed by atoms with van der Waals surface area (Å²) in [5, 5.41) is 0. The van der Waals surface area contributed by atoms with Crippen molar-refractivity contribution in [3.63, 3.8) is 0 Å². The van der Waals surface area contributed by atoms with E-state index in [0.717, 1.165) is 16.9 Å². The topological polar surface area (TPSA) is 52.3 Å². The summed E-state index contributed by atoms with van der Waals surface area (Å²) in [6.45, 7) is 6.40. The summed E-state index contributed by atoms with van der Waals surface area (Å²) >= 11 is 0. The first kappa shape index (κ1) is 11.6. The van der Waals surface area contributed by atoms with Gasteiger partial charge < -0.3 is 10.5 Å². The van der Waals surface area contributed by atoms with E-state index in [-0.39, 0.29) is 12.3 Å². The van der Waals surface area contributed by atoms with Crippen molar-refractivity contribution in [2.24, 2.45) is 5.73 Å². The highest BCUT2D eigenvalue weighted by Gasteiger charge is 2.05. The van der Waals surface area contributed by atoms with Gasteiger partial charge in [-0.3, -0.25) is 4.79 Å². The molecule has 0 heterocycles. The molecule has 0 radical (unpaired) electrons. The lowest BCUT2D eigenvalue weighted by Gasteiger charge is -2.12. The van der Waals surface area contributed by atoms with Crippen LogP contribution < -0.4 is 10.5 Å². The molecular weight excluding hydrogens is 190 g/mol. The predicted octanol–water partition coefficient (Wildman–Crippen LogP) is 1.87. The summed E-state index contributed by atoms with van der Waals surface area (Å²) in [4.78, 5) is 10.6. The molecular formula is C12H17NO2. The van der Waals surface area contributed by atoms with Crippen LogP contribution in [0.25, 0.3) is 0 Å². The molecule has 15 heavy (non-hydrogen) atoms. The number of hydrogen-bond donors (Lipinski definition) is 1. The lowest BCUT2D eigenvalue weighted by atomic mass is 10.1. The minimum Gasteiger partial charge on any atom is -0.493 e. The number of nitrogens with two attached hydrogens (primary N) is 1. The minimum atomic E-state index is -0.336. The number of benzene rings is 1. The van der Waals surface area contributed by atoms with Gasteiger partial charge in [-0.1, -0.05) is 17.7 Å². The summed E-state index contributed by atoms with van der Waals surface area (Å²) < 4.78 is 5.53. The number of carbonyl (C=O) groups excluding carboxylic acids is 1. The van der Waals surface area contributed by atoms with E-state index >= 15 is 0 Å². The Bertz CT molecular complexity index is 349. The molecule has 82 valence electrons. The highest BCUT2D eigenvalue weighted by atomic mass is 16.5. The molecule has 0 aromatic heterocycles. The second-order valence-corrected chi connectivity index (χ2v) is 3.79. The first-order valence-corrected chi connectivity index (χ1v) is 4.99. The molecule has 0 aliphatic heterocycles. The van der Waals surface area contributed by atoms with Crippen LogP contribution in [0.15, 0.2) is 12.1 Å². The molecule has 0 fully saturated rings. The zero-order chi connectivity index (χ0) is 11.4. The van der Waals surface area contributed by atoms with Crippen molar-refractivity contribution in [2.75, 3.05) is 6.61 Å². The van der Waals surface area contributed by atoms with Crippen LogP contribution >= 0.6 is 0 Å². The van der Waals surface area contributed by atoms with E-state index in [1.807, 2.05) is 20.8 Å². The molecule has 0 atom stereocenters. The van der Waals surface area contributed by atoms with Crippen LogP contribution in [0.5, 0.6) is 5.75 Å². The molecule has 0 aliphatic rings. The van der Waals surface area contributed by atoms with Crippen LogP contribution in [0.3, 0.4) is 0 Å². The van der Waals surface area contributed by atoms with Gasteiger partial charge in [0.15, 0.2) is 0 Å². The number of primary amides is 1. The normalized spacial score (nSPS) is 10.1. The summed E-state index contributed by atoms with van der Waals surface area (Å²) in [7, 11) is 0. The highest BCUT2D eigenvalue weighted by molar-refractivity contribution is 5.73. The van der Waals surface area contributed by atoms with E-state index in [4.69, 9.17) is 10.5 Å². The molecule has 2 N–H and O–H groups in total. The molecule has 0 unspecified atom stereocenters. The number of rotatable bonds is 4. The third-order valence-corrected chi connectivity index (χ3v) is 2.20. The van der Waals surface area contributed by atoms with Crippen molar-refractivity contribution in [1.82, 2.24) is 0 Å². The molecule has 1 aromatic rings. The fourth-order valence-electron chi connectivity index (χ4n) is 1.65. The van der Waals surface area contributed by atoms with Crippen LogP contribution in [-0.4, -0.2) is 12.5 Å². The van der Waals surface area contributed by atoms with Gasteiger partial charge in [-0.2, -0.15) is 0 Å². The van der Waals surface area contributed by atoms with Crippen molar-refractivity contribution in [2.45, 2.75) is 27.2 Å². The van der Waals surface area contributed by atoms with E-state index in [1.165, 1.54) is 5.56 Å². The Morgan fingerprint density at radius 1 is 1.27 bits per heavy atom. The average Bonchev–Trinajstić information content (AvgIpc) is 2.08. The maximum atomic E-state index is 10.6. The third-order valence-electron chi connectivity index (χ3n) is 2.20. The molecule has 3 heteroatoms. The van der Waals surface area contributed by atoms with E-state index in [0.29, 0.717) is 6.61 Å². The maximum absolute atomic E-state index is 10.6. The largest absolute Gasteiger partial charge is 0.493 e. The Morgan fingerprint density at radius 2 is 1.80 bits per heavy atom. The Labute approximate surface area is 90.2 Å². The Kier molecular flexibility index (Phi) is 3.72. The van der Waals surface area contributed by atoms with Crippen molar-refractivity contribution in [3.05, 3.63) is 28.8 Å². The second kappa shape index (κ2) is 4.82. The quantitative estimate of drug-likeness (QED) is 0.819. The lowest BCUT2D eigenvalue weighted by Crippen LogP contribution is -2.15. The zero-order valence-corrected chi connectivity index (χ0v) is 9.46. The van der Waals surface area contributed by atoms with E-state index < -0.39 is 0 Å². The lowest BCUT2D eigenvalue weighted by molar-refractivity contribution is -0.118. The van der Waals surface area contributed by atoms with Crippen LogP contribution in [0.2, 0.25) is 0 Å². The van der Waals surface area contributed by atoms with Gasteiger partial charge in [0.1, 0.15) is 5.75 Å². The Hall–Kier alpha value is -1.51. The van der Waals surface area contributed by atoms with Gasteiger partial charge in [0, 0.05) is 0 Å². The summed E-state index contributed by atoms with van der Waals surface area (Å²) in [5.74, 6) is 0.527. The molecule has 0 saturated heterocycles. The number of amides is 1. The van der Waals surface area contributed by atoms with Crippen molar-refractivity contribution in [1.29, 1.82) is 0 Å². The predicted molar refractivity (Wildman–Crippen MR) is 60.0 cm³/mol. The fourth-order valence-corrected chi connectivity index (χ4v) is 1.65. The van der Waals surface area contributed by atoms with Gasteiger partial charge in [-0.25, -0.2) is 0 Å². The van der Waals surface area contributed by atoms with E-state index in [9.17, 15) is 4.79 Å². The van der Waals surface area contributed by atoms with Crippen LogP contribution in [-0.2, 0) is 4.79 Å². The van der Waals surface area contributed by atoms with Gasteiger partial charge in [0.25, 0.3) is 0 Å². The number of hydrogen-bond acceptors (Lipinski definition) is 2. The number of carbonyl (C=O) groups is 1. The summed E-state index contributed by atoms with van der Waals surface area (Å²) in [5.41, 5.74) is 8.44. The molecule has 0 bridgehead atoms. The molecule has 1 rings (SSSR count). The van der Waals surface area contributed by atoms with E-state index in [2.05, 4.69) is 12.1 Å². The molecule has 0 saturated carbocycles. The molecule has 0 spiro atoms. The molecule has 0 aliphatic carbocycles. The maximum Gasteiger partial charge on any atom is 0.220 e. The molecule has 1 amide bonds. The Balaban J connectivity index is 2.72. The van der Waals surface area contributed by atoms with Gasteiger partial charge >= 0.3 is 0 Å². The Morgan fingerprint density at radius 3 is 2.27 bits per heavy atom. The summed E-state index contributed by atoms with van der Waals surface area (Å²) in [6.07, 6.45) is 0.257. The van der Waals surface area contributed by atoms with Gasteiger partial charge in [-0.05, 0) is 31.9 Å². The van der Waals surface area contributed by atoms with Crippen LogP contribution in [0.1, 0.15) is 23.1 Å². The first-order chi connectivity index (χ1) is 7.00. The van der Waals surface area contributed by atoms with Gasteiger partial charge in [0.2, 0.25) is 5.91 Å².